The smallest absolute Gasteiger partial charge is 0.408 e. The summed E-state index contributed by atoms with van der Waals surface area (Å²) >= 11 is 0. The predicted molar refractivity (Wildman–Crippen MR) is 23.0 cm³/mol. The molecule has 1 aliphatic carbocycles. The summed E-state index contributed by atoms with van der Waals surface area (Å²) in [6, 6.07) is 0. The quantitative estimate of drug-likeness (QED) is 0.481. The van der Waals surface area contributed by atoms with Gasteiger partial charge in [0.1, 0.15) is 6.10 Å². The summed E-state index contributed by atoms with van der Waals surface area (Å²) in [5, 5.41) is 0. The van der Waals surface area contributed by atoms with Crippen molar-refractivity contribution < 1.29 is 22.7 Å². The van der Waals surface area contributed by atoms with E-state index in [1.54, 1.807) is 0 Å². The van der Waals surface area contributed by atoms with E-state index in [1.807, 2.05) is 0 Å². The van der Waals surface area contributed by atoms with Crippen LogP contribution in [-0.2, 0) is 9.53 Å². The summed E-state index contributed by atoms with van der Waals surface area (Å²) in [4.78, 5) is 10.3. The summed E-state index contributed by atoms with van der Waals surface area (Å²) < 4.78 is 39.8. The van der Waals surface area contributed by atoms with Gasteiger partial charge in [0.05, 0.1) is 0 Å². The molecule has 0 radical (unpaired) electrons. The lowest BCUT2D eigenvalue weighted by Gasteiger charge is -2.25. The van der Waals surface area contributed by atoms with Gasteiger partial charge >= 0.3 is 12.1 Å². The van der Waals surface area contributed by atoms with Crippen LogP contribution < -0.4 is 0 Å². The number of hydrogen-bond acceptors (Lipinski definition) is 2. The molecular weight excluding hydrogens is 149 g/mol. The average molecular weight is 152 g/mol. The van der Waals surface area contributed by atoms with Crippen molar-refractivity contribution in [3.8, 4) is 0 Å². The maximum absolute atomic E-state index is 11.9. The molecule has 1 heterocycles. The van der Waals surface area contributed by atoms with Gasteiger partial charge in [0.15, 0.2) is 0 Å². The standard InChI is InChI=1S/C5H3F3O2/c6-5(7,8)4-1-2(4)10-3(4)9/h2H,1H2. The molecule has 2 aliphatic rings. The normalized spacial score (nSPS) is 43.5. The zero-order valence-electron chi connectivity index (χ0n) is 4.73. The molecule has 56 valence electrons. The average Bonchev–Trinajstić information content (AvgIpc) is 2.33. The molecule has 0 spiro atoms. The van der Waals surface area contributed by atoms with Crippen LogP contribution in [0.3, 0.4) is 0 Å². The number of ether oxygens (including phenoxy) is 1. The first kappa shape index (κ1) is 6.00. The third kappa shape index (κ3) is 0.383. The molecule has 2 nitrogen and oxygen atoms in total. The SMILES string of the molecule is O=C1OC2CC12C(F)(F)F. The molecular formula is C5H3F3O2. The van der Waals surface area contributed by atoms with Crippen molar-refractivity contribution in [3.63, 3.8) is 0 Å². The lowest BCUT2D eigenvalue weighted by Crippen LogP contribution is -2.45. The van der Waals surface area contributed by atoms with E-state index >= 15 is 0 Å². The van der Waals surface area contributed by atoms with Gasteiger partial charge in [-0.2, -0.15) is 13.2 Å². The van der Waals surface area contributed by atoms with E-state index in [9.17, 15) is 18.0 Å². The molecule has 0 aromatic rings. The van der Waals surface area contributed by atoms with E-state index < -0.39 is 23.7 Å². The molecule has 1 aliphatic heterocycles. The maximum atomic E-state index is 11.9. The summed E-state index contributed by atoms with van der Waals surface area (Å²) in [6.45, 7) is 0. The summed E-state index contributed by atoms with van der Waals surface area (Å²) in [5.41, 5.74) is -2.08. The summed E-state index contributed by atoms with van der Waals surface area (Å²) in [6.07, 6.45) is -5.43. The molecule has 2 unspecified atom stereocenters. The number of esters is 1. The Hall–Kier alpha value is -0.740. The minimum absolute atomic E-state index is 0.171. The van der Waals surface area contributed by atoms with Crippen molar-refractivity contribution >= 4 is 5.97 Å². The van der Waals surface area contributed by atoms with E-state index in [0.717, 1.165) is 0 Å². The first-order valence-electron chi connectivity index (χ1n) is 2.76. The van der Waals surface area contributed by atoms with Crippen LogP contribution in [-0.4, -0.2) is 18.2 Å². The molecule has 10 heavy (non-hydrogen) atoms. The fourth-order valence-electron chi connectivity index (χ4n) is 1.18. The second kappa shape index (κ2) is 1.17. The molecule has 2 atom stereocenters. The van der Waals surface area contributed by atoms with Gasteiger partial charge in [0.25, 0.3) is 0 Å². The second-order valence-electron chi connectivity index (χ2n) is 2.57. The largest absolute Gasteiger partial charge is 0.460 e. The van der Waals surface area contributed by atoms with E-state index in [0.29, 0.717) is 0 Å². The third-order valence-corrected chi connectivity index (χ3v) is 2.02. The van der Waals surface area contributed by atoms with E-state index in [4.69, 9.17) is 0 Å². The van der Waals surface area contributed by atoms with Gasteiger partial charge in [-0.3, -0.25) is 4.79 Å². The topological polar surface area (TPSA) is 26.3 Å². The Labute approximate surface area is 54.0 Å². The van der Waals surface area contributed by atoms with Crippen LogP contribution in [0.2, 0.25) is 0 Å². The Bertz CT molecular complexity index is 209. The highest BCUT2D eigenvalue weighted by Gasteiger charge is 2.85. The van der Waals surface area contributed by atoms with Gasteiger partial charge in [0, 0.05) is 6.42 Å². The molecule has 1 saturated carbocycles. The first-order chi connectivity index (χ1) is 4.48. The number of halogens is 3. The van der Waals surface area contributed by atoms with Gasteiger partial charge in [-0.15, -0.1) is 0 Å². The van der Waals surface area contributed by atoms with Crippen LogP contribution in [0.4, 0.5) is 13.2 Å². The molecule has 2 fully saturated rings. The number of hydrogen-bond donors (Lipinski definition) is 0. The zero-order valence-corrected chi connectivity index (χ0v) is 4.73. The van der Waals surface area contributed by atoms with E-state index in [1.165, 1.54) is 0 Å². The number of carbonyl (C=O) groups excluding carboxylic acids is 1. The zero-order chi connectivity index (χ0) is 7.57. The Morgan fingerprint density at radius 1 is 1.60 bits per heavy atom. The molecule has 0 N–H and O–H groups in total. The summed E-state index contributed by atoms with van der Waals surface area (Å²) in [5.74, 6) is -1.11. The van der Waals surface area contributed by atoms with Crippen LogP contribution in [0.5, 0.6) is 0 Å². The molecule has 0 bridgehead atoms. The van der Waals surface area contributed by atoms with Crippen LogP contribution >= 0.6 is 0 Å². The minimum atomic E-state index is -4.40. The van der Waals surface area contributed by atoms with Gasteiger partial charge in [-0.05, 0) is 0 Å². The maximum Gasteiger partial charge on any atom is 0.408 e. The highest BCUT2D eigenvalue weighted by atomic mass is 19.4. The van der Waals surface area contributed by atoms with Crippen LogP contribution in [0, 0.1) is 5.41 Å². The van der Waals surface area contributed by atoms with Crippen molar-refractivity contribution in [2.24, 2.45) is 5.41 Å². The number of rotatable bonds is 0. The van der Waals surface area contributed by atoms with Crippen molar-refractivity contribution in [1.29, 1.82) is 0 Å². The van der Waals surface area contributed by atoms with E-state index in [-0.39, 0.29) is 6.42 Å². The minimum Gasteiger partial charge on any atom is -0.460 e. The Morgan fingerprint density at radius 3 is 2.30 bits per heavy atom. The number of fused-ring (bicyclic) bond motifs is 1. The fraction of sp³-hybridized carbons (Fsp3) is 0.800. The van der Waals surface area contributed by atoms with Gasteiger partial charge in [-0.1, -0.05) is 0 Å². The molecule has 0 amide bonds. The Kier molecular flexibility index (Phi) is 0.704. The lowest BCUT2D eigenvalue weighted by atomic mass is 10.0. The third-order valence-electron chi connectivity index (χ3n) is 2.02. The fourth-order valence-corrected chi connectivity index (χ4v) is 1.18. The number of alkyl halides is 3. The van der Waals surface area contributed by atoms with Crippen molar-refractivity contribution in [1.82, 2.24) is 0 Å². The van der Waals surface area contributed by atoms with Gasteiger partial charge in [0.2, 0.25) is 5.41 Å². The predicted octanol–water partition coefficient (Wildman–Crippen LogP) is 0.864. The first-order valence-corrected chi connectivity index (χ1v) is 2.76. The van der Waals surface area contributed by atoms with Crippen molar-refractivity contribution in [3.05, 3.63) is 0 Å². The molecule has 0 aromatic heterocycles. The van der Waals surface area contributed by atoms with Crippen LogP contribution in [0.25, 0.3) is 0 Å². The van der Waals surface area contributed by atoms with E-state index in [2.05, 4.69) is 4.74 Å². The monoisotopic (exact) mass is 152 g/mol. The highest BCUT2D eigenvalue weighted by Crippen LogP contribution is 2.66. The molecule has 5 heteroatoms. The van der Waals surface area contributed by atoms with Gasteiger partial charge < -0.3 is 4.74 Å². The molecule has 1 saturated heterocycles. The second-order valence-corrected chi connectivity index (χ2v) is 2.57. The molecule has 0 aromatic carbocycles. The molecule has 2 rings (SSSR count). The highest BCUT2D eigenvalue weighted by molar-refractivity contribution is 5.89. The Morgan fingerprint density at radius 2 is 2.20 bits per heavy atom. The summed E-state index contributed by atoms with van der Waals surface area (Å²) in [7, 11) is 0. The van der Waals surface area contributed by atoms with Crippen molar-refractivity contribution in [2.45, 2.75) is 18.7 Å². The van der Waals surface area contributed by atoms with Gasteiger partial charge in [-0.25, -0.2) is 0 Å². The lowest BCUT2D eigenvalue weighted by molar-refractivity contribution is -0.238. The van der Waals surface area contributed by atoms with Crippen LogP contribution in [0.15, 0.2) is 0 Å². The number of carbonyl (C=O) groups is 1. The van der Waals surface area contributed by atoms with Crippen LogP contribution in [0.1, 0.15) is 6.42 Å². The van der Waals surface area contributed by atoms with Crippen molar-refractivity contribution in [2.75, 3.05) is 0 Å². The Balaban J connectivity index is 2.27.